The molecule has 5 heteroatoms. The number of amides is 1. The molecule has 2 aromatic rings. The average molecular weight is 301 g/mol. The van der Waals surface area contributed by atoms with Gasteiger partial charge in [0.15, 0.2) is 0 Å². The van der Waals surface area contributed by atoms with Crippen molar-refractivity contribution < 1.29 is 4.79 Å². The van der Waals surface area contributed by atoms with Crippen molar-refractivity contribution in [2.75, 3.05) is 16.8 Å². The summed E-state index contributed by atoms with van der Waals surface area (Å²) in [6, 6.07) is 11.3. The third kappa shape index (κ3) is 5.11. The van der Waals surface area contributed by atoms with Crippen molar-refractivity contribution in [1.29, 1.82) is 0 Å². The molecule has 0 aliphatic rings. The molecule has 0 spiro atoms. The molecule has 4 nitrogen and oxygen atoms in total. The minimum Gasteiger partial charge on any atom is -0.399 e. The molecule has 0 radical (unpaired) electrons. The van der Waals surface area contributed by atoms with E-state index in [0.29, 0.717) is 17.9 Å². The molecule has 0 saturated heterocycles. The van der Waals surface area contributed by atoms with Gasteiger partial charge in [-0.2, -0.15) is 0 Å². The van der Waals surface area contributed by atoms with Crippen LogP contribution in [0.4, 0.5) is 11.4 Å². The number of aryl methyl sites for hydroxylation is 2. The van der Waals surface area contributed by atoms with Gasteiger partial charge in [-0.15, -0.1) is 11.8 Å². The van der Waals surface area contributed by atoms with Crippen LogP contribution in [-0.2, 0) is 4.79 Å². The van der Waals surface area contributed by atoms with Crippen molar-refractivity contribution in [1.82, 2.24) is 4.98 Å². The van der Waals surface area contributed by atoms with Crippen LogP contribution in [0.2, 0.25) is 0 Å². The highest BCUT2D eigenvalue weighted by atomic mass is 32.2. The molecule has 2 rings (SSSR count). The summed E-state index contributed by atoms with van der Waals surface area (Å²) in [5.74, 6) is 0.682. The van der Waals surface area contributed by atoms with Crippen molar-refractivity contribution in [3.63, 3.8) is 0 Å². The molecule has 1 heterocycles. The Hall–Kier alpha value is -2.01. The molecular formula is C16H19N3OS. The highest BCUT2D eigenvalue weighted by Crippen LogP contribution is 2.19. The van der Waals surface area contributed by atoms with E-state index in [1.807, 2.05) is 38.1 Å². The zero-order valence-electron chi connectivity index (χ0n) is 12.2. The first-order chi connectivity index (χ1) is 10.0. The van der Waals surface area contributed by atoms with Crippen molar-refractivity contribution in [3.8, 4) is 0 Å². The van der Waals surface area contributed by atoms with E-state index < -0.39 is 0 Å². The summed E-state index contributed by atoms with van der Waals surface area (Å²) in [6.07, 6.45) is 0.439. The topological polar surface area (TPSA) is 68.0 Å². The number of nitrogens with one attached hydrogen (secondary N) is 1. The number of nitrogen functional groups attached to an aromatic ring is 1. The summed E-state index contributed by atoms with van der Waals surface area (Å²) >= 11 is 1.59. The third-order valence-electron chi connectivity index (χ3n) is 2.82. The Kier molecular flexibility index (Phi) is 5.22. The van der Waals surface area contributed by atoms with E-state index in [1.165, 1.54) is 5.56 Å². The molecule has 0 saturated carbocycles. The van der Waals surface area contributed by atoms with E-state index in [0.717, 1.165) is 16.4 Å². The second kappa shape index (κ2) is 7.13. The lowest BCUT2D eigenvalue weighted by atomic mass is 10.3. The lowest BCUT2D eigenvalue weighted by molar-refractivity contribution is -0.115. The monoisotopic (exact) mass is 301 g/mol. The average Bonchev–Trinajstić information content (AvgIpc) is 2.37. The number of benzene rings is 1. The van der Waals surface area contributed by atoms with Gasteiger partial charge in [0.1, 0.15) is 0 Å². The summed E-state index contributed by atoms with van der Waals surface area (Å²) in [4.78, 5) is 16.3. The van der Waals surface area contributed by atoms with Crippen LogP contribution in [0.5, 0.6) is 0 Å². The maximum atomic E-state index is 11.9. The van der Waals surface area contributed by atoms with Gasteiger partial charge in [-0.3, -0.25) is 4.79 Å². The summed E-state index contributed by atoms with van der Waals surface area (Å²) in [7, 11) is 0. The van der Waals surface area contributed by atoms with Gasteiger partial charge in [0, 0.05) is 29.2 Å². The number of nitrogens with two attached hydrogens (primary N) is 1. The van der Waals surface area contributed by atoms with Gasteiger partial charge in [0.25, 0.3) is 0 Å². The Labute approximate surface area is 129 Å². The van der Waals surface area contributed by atoms with Crippen LogP contribution in [0.3, 0.4) is 0 Å². The Balaban J connectivity index is 1.81. The number of nitrogens with zero attached hydrogens (tertiary/aromatic N) is 1. The number of hydrogen-bond acceptors (Lipinski definition) is 4. The summed E-state index contributed by atoms with van der Waals surface area (Å²) in [5, 5.41) is 3.80. The highest BCUT2D eigenvalue weighted by molar-refractivity contribution is 7.99. The molecule has 0 aliphatic heterocycles. The van der Waals surface area contributed by atoms with Crippen LogP contribution >= 0.6 is 11.8 Å². The maximum Gasteiger partial charge on any atom is 0.225 e. The molecule has 0 aliphatic carbocycles. The van der Waals surface area contributed by atoms with Gasteiger partial charge in [-0.25, -0.2) is 4.98 Å². The summed E-state index contributed by atoms with van der Waals surface area (Å²) in [5.41, 5.74) is 9.24. The van der Waals surface area contributed by atoms with Crippen LogP contribution < -0.4 is 11.1 Å². The Morgan fingerprint density at radius 1 is 1.29 bits per heavy atom. The number of carbonyl (C=O) groups is 1. The predicted molar refractivity (Wildman–Crippen MR) is 88.5 cm³/mol. The molecule has 1 amide bonds. The van der Waals surface area contributed by atoms with Gasteiger partial charge < -0.3 is 11.1 Å². The molecular weight excluding hydrogens is 282 g/mol. The second-order valence-corrected chi connectivity index (χ2v) is 6.01. The first-order valence-electron chi connectivity index (χ1n) is 6.76. The third-order valence-corrected chi connectivity index (χ3v) is 3.74. The fourth-order valence-corrected chi connectivity index (χ4v) is 2.94. The zero-order chi connectivity index (χ0) is 15.2. The van der Waals surface area contributed by atoms with Crippen LogP contribution in [-0.4, -0.2) is 16.6 Å². The van der Waals surface area contributed by atoms with Crippen LogP contribution in [0.15, 0.2) is 41.4 Å². The number of rotatable bonds is 5. The molecule has 0 fully saturated rings. The van der Waals surface area contributed by atoms with Crippen molar-refractivity contribution in [2.24, 2.45) is 0 Å². The van der Waals surface area contributed by atoms with Crippen molar-refractivity contribution in [2.45, 2.75) is 25.3 Å². The highest BCUT2D eigenvalue weighted by Gasteiger charge is 2.04. The Morgan fingerprint density at radius 2 is 2.10 bits per heavy atom. The quantitative estimate of drug-likeness (QED) is 0.656. The SMILES string of the molecule is Cc1cc(C)nc(SCCC(=O)Nc2cccc(N)c2)c1. The summed E-state index contributed by atoms with van der Waals surface area (Å²) < 4.78 is 0. The first kappa shape index (κ1) is 15.4. The first-order valence-corrected chi connectivity index (χ1v) is 7.75. The second-order valence-electron chi connectivity index (χ2n) is 4.90. The number of anilines is 2. The molecule has 0 bridgehead atoms. The van der Waals surface area contributed by atoms with E-state index in [1.54, 1.807) is 23.9 Å². The predicted octanol–water partition coefficient (Wildman–Crippen LogP) is 3.40. The largest absolute Gasteiger partial charge is 0.399 e. The van der Waals surface area contributed by atoms with Gasteiger partial charge in [0.05, 0.1) is 5.03 Å². The normalized spacial score (nSPS) is 10.4. The number of aromatic nitrogens is 1. The molecule has 1 aromatic carbocycles. The zero-order valence-corrected chi connectivity index (χ0v) is 13.0. The van der Waals surface area contributed by atoms with Gasteiger partial charge in [-0.1, -0.05) is 6.07 Å². The van der Waals surface area contributed by atoms with Gasteiger partial charge in [-0.05, 0) is 49.7 Å². The fraction of sp³-hybridized carbons (Fsp3) is 0.250. The van der Waals surface area contributed by atoms with Gasteiger partial charge in [0.2, 0.25) is 5.91 Å². The maximum absolute atomic E-state index is 11.9. The Bertz CT molecular complexity index is 623. The molecule has 21 heavy (non-hydrogen) atoms. The Morgan fingerprint density at radius 3 is 2.81 bits per heavy atom. The number of carbonyl (C=O) groups excluding carboxylic acids is 1. The van der Waals surface area contributed by atoms with E-state index in [4.69, 9.17) is 5.73 Å². The van der Waals surface area contributed by atoms with Crippen LogP contribution in [0.25, 0.3) is 0 Å². The fourth-order valence-electron chi connectivity index (χ4n) is 1.97. The standard InChI is InChI=1S/C16H19N3OS/c1-11-8-12(2)18-16(9-11)21-7-6-15(20)19-14-5-3-4-13(17)10-14/h3-5,8-10H,6-7,17H2,1-2H3,(H,19,20). The molecule has 0 atom stereocenters. The van der Waals surface area contributed by atoms with Crippen LogP contribution in [0.1, 0.15) is 17.7 Å². The minimum absolute atomic E-state index is 0.0162. The van der Waals surface area contributed by atoms with E-state index in [2.05, 4.69) is 10.3 Å². The molecule has 0 unspecified atom stereocenters. The van der Waals surface area contributed by atoms with Crippen molar-refractivity contribution in [3.05, 3.63) is 47.7 Å². The van der Waals surface area contributed by atoms with Crippen LogP contribution in [0, 0.1) is 13.8 Å². The van der Waals surface area contributed by atoms with E-state index in [-0.39, 0.29) is 5.91 Å². The number of thioether (sulfide) groups is 1. The number of hydrogen-bond donors (Lipinski definition) is 2. The van der Waals surface area contributed by atoms with E-state index in [9.17, 15) is 4.79 Å². The lowest BCUT2D eigenvalue weighted by Gasteiger charge is -2.06. The molecule has 1 aromatic heterocycles. The smallest absolute Gasteiger partial charge is 0.225 e. The van der Waals surface area contributed by atoms with E-state index >= 15 is 0 Å². The van der Waals surface area contributed by atoms with Crippen molar-refractivity contribution >= 4 is 29.0 Å². The lowest BCUT2D eigenvalue weighted by Crippen LogP contribution is -2.12. The molecule has 110 valence electrons. The summed E-state index contributed by atoms with van der Waals surface area (Å²) in [6.45, 7) is 4.02. The minimum atomic E-state index is -0.0162. The van der Waals surface area contributed by atoms with Gasteiger partial charge >= 0.3 is 0 Å². The number of pyridine rings is 1. The molecule has 3 N–H and O–H groups in total.